The molecule has 1 aromatic carbocycles. The molecule has 0 radical (unpaired) electrons. The molecular formula is C14H14O. The fourth-order valence-electron chi connectivity index (χ4n) is 1.54. The van der Waals surface area contributed by atoms with E-state index < -0.39 is 0 Å². The van der Waals surface area contributed by atoms with E-state index in [2.05, 4.69) is 36.4 Å². The van der Waals surface area contributed by atoms with Gasteiger partial charge in [-0.25, -0.2) is 0 Å². The molecule has 2 aliphatic rings. The fourth-order valence-corrected chi connectivity index (χ4v) is 1.54. The van der Waals surface area contributed by atoms with Crippen LogP contribution in [0, 0.1) is 0 Å². The summed E-state index contributed by atoms with van der Waals surface area (Å²) < 4.78 is 4.80. The molecule has 1 aromatic rings. The summed E-state index contributed by atoms with van der Waals surface area (Å²) in [5.41, 5.74) is 2.84. The molecule has 0 fully saturated rings. The van der Waals surface area contributed by atoms with Gasteiger partial charge in [-0.1, -0.05) is 42.5 Å². The first-order valence-electron chi connectivity index (χ1n) is 5.14. The summed E-state index contributed by atoms with van der Waals surface area (Å²) in [6, 6.07) is 8.49. The summed E-state index contributed by atoms with van der Waals surface area (Å²) in [7, 11) is 0. The minimum absolute atomic E-state index is 0.733. The van der Waals surface area contributed by atoms with Crippen LogP contribution in [0.25, 0.3) is 6.08 Å². The number of benzene rings is 1. The Morgan fingerprint density at radius 3 is 2.53 bits per heavy atom. The maximum atomic E-state index is 4.80. The van der Waals surface area contributed by atoms with Gasteiger partial charge in [-0.05, 0) is 29.7 Å². The average molecular weight is 198 g/mol. The van der Waals surface area contributed by atoms with Gasteiger partial charge in [0, 0.05) is 0 Å². The van der Waals surface area contributed by atoms with Gasteiger partial charge in [0.05, 0.1) is 6.26 Å². The van der Waals surface area contributed by atoms with Crippen molar-refractivity contribution in [2.45, 2.75) is 6.42 Å². The van der Waals surface area contributed by atoms with Crippen LogP contribution in [0.15, 0.2) is 54.8 Å². The van der Waals surface area contributed by atoms with Crippen LogP contribution >= 0.6 is 0 Å². The van der Waals surface area contributed by atoms with E-state index in [0.29, 0.717) is 0 Å². The van der Waals surface area contributed by atoms with Crippen LogP contribution in [-0.2, 0) is 11.2 Å². The molecule has 0 bridgehead atoms. The summed E-state index contributed by atoms with van der Waals surface area (Å²) in [4.78, 5) is 0. The molecule has 1 aliphatic carbocycles. The topological polar surface area (TPSA) is 9.23 Å². The van der Waals surface area contributed by atoms with E-state index in [1.165, 1.54) is 11.1 Å². The number of hydrogen-bond donors (Lipinski definition) is 0. The van der Waals surface area contributed by atoms with Gasteiger partial charge in [-0.15, -0.1) is 0 Å². The molecule has 76 valence electrons. The fraction of sp³-hybridized carbons (Fsp3) is 0.143. The predicted molar refractivity (Wildman–Crippen MR) is 63.4 cm³/mol. The van der Waals surface area contributed by atoms with Crippen molar-refractivity contribution < 1.29 is 4.74 Å². The van der Waals surface area contributed by atoms with Crippen LogP contribution in [-0.4, -0.2) is 6.61 Å². The lowest BCUT2D eigenvalue weighted by molar-refractivity contribution is 0.286. The Labute approximate surface area is 90.4 Å². The normalized spacial score (nSPS) is 15.2. The van der Waals surface area contributed by atoms with Gasteiger partial charge >= 0.3 is 0 Å². The third kappa shape index (κ3) is 2.84. The maximum Gasteiger partial charge on any atom is 0.106 e. The second-order valence-electron chi connectivity index (χ2n) is 3.40. The number of ether oxygens (including phenoxy) is 1. The quantitative estimate of drug-likeness (QED) is 0.621. The van der Waals surface area contributed by atoms with Crippen LogP contribution < -0.4 is 0 Å². The highest BCUT2D eigenvalue weighted by molar-refractivity contribution is 5.59. The number of hydrogen-bond acceptors (Lipinski definition) is 1. The van der Waals surface area contributed by atoms with Crippen molar-refractivity contribution in [3.8, 4) is 0 Å². The van der Waals surface area contributed by atoms with Gasteiger partial charge < -0.3 is 4.74 Å². The van der Waals surface area contributed by atoms with E-state index in [4.69, 9.17) is 4.74 Å². The van der Waals surface area contributed by atoms with Crippen molar-refractivity contribution in [1.29, 1.82) is 0 Å². The molecule has 0 N–H and O–H groups in total. The molecule has 3 rings (SSSR count). The van der Waals surface area contributed by atoms with Crippen molar-refractivity contribution in [3.05, 3.63) is 66.0 Å². The lowest BCUT2D eigenvalue weighted by Crippen LogP contribution is -1.82. The lowest BCUT2D eigenvalue weighted by atomic mass is 10.1. The first kappa shape index (κ1) is 9.78. The monoisotopic (exact) mass is 198 g/mol. The molecule has 0 saturated carbocycles. The van der Waals surface area contributed by atoms with Gasteiger partial charge in [0.15, 0.2) is 0 Å². The first-order valence-corrected chi connectivity index (χ1v) is 5.14. The van der Waals surface area contributed by atoms with Crippen LogP contribution in [0.3, 0.4) is 0 Å². The molecule has 0 unspecified atom stereocenters. The Morgan fingerprint density at radius 2 is 1.93 bits per heavy atom. The van der Waals surface area contributed by atoms with Gasteiger partial charge in [-0.3, -0.25) is 0 Å². The van der Waals surface area contributed by atoms with Gasteiger partial charge in [-0.2, -0.15) is 0 Å². The van der Waals surface area contributed by atoms with Crippen LogP contribution in [0.4, 0.5) is 0 Å². The molecular weight excluding hydrogens is 184 g/mol. The Morgan fingerprint density at radius 1 is 1.00 bits per heavy atom. The summed E-state index contributed by atoms with van der Waals surface area (Å²) in [5.74, 6) is 0. The van der Waals surface area contributed by atoms with Crippen molar-refractivity contribution >= 4 is 6.08 Å². The second-order valence-corrected chi connectivity index (χ2v) is 3.40. The summed E-state index contributed by atoms with van der Waals surface area (Å²) in [6.45, 7) is 0.733. The zero-order chi connectivity index (χ0) is 10.3. The number of rotatable bonds is 0. The zero-order valence-electron chi connectivity index (χ0n) is 8.60. The van der Waals surface area contributed by atoms with E-state index in [-0.39, 0.29) is 0 Å². The number of fused-ring (bicyclic) bond motifs is 1. The summed E-state index contributed by atoms with van der Waals surface area (Å²) >= 11 is 0. The van der Waals surface area contributed by atoms with Gasteiger partial charge in [0.1, 0.15) is 6.61 Å². The summed E-state index contributed by atoms with van der Waals surface area (Å²) in [5, 5.41) is 0. The molecule has 0 amide bonds. The molecule has 0 aromatic heterocycles. The molecule has 15 heavy (non-hydrogen) atoms. The standard InChI is InChI=1S/C9H8.C5H6O/c1-2-5-9-7-3-6-8(9)4-1;1-2-4-6-5-3-1/h1-6H,7H2;1-4H,5H2. The molecule has 0 saturated heterocycles. The Hall–Kier alpha value is -1.76. The SMILES string of the molecule is C1=CCOC=C1.C1=Cc2ccccc2C1. The Balaban J connectivity index is 0.000000124. The van der Waals surface area contributed by atoms with Crippen molar-refractivity contribution in [3.63, 3.8) is 0 Å². The Bertz CT molecular complexity index is 388. The average Bonchev–Trinajstić information content (AvgIpc) is 2.80. The van der Waals surface area contributed by atoms with Crippen molar-refractivity contribution in [2.24, 2.45) is 0 Å². The van der Waals surface area contributed by atoms with Crippen LogP contribution in [0.2, 0.25) is 0 Å². The van der Waals surface area contributed by atoms with Crippen LogP contribution in [0.1, 0.15) is 11.1 Å². The van der Waals surface area contributed by atoms with Gasteiger partial charge in [0.2, 0.25) is 0 Å². The van der Waals surface area contributed by atoms with E-state index in [1.54, 1.807) is 6.26 Å². The van der Waals surface area contributed by atoms with Crippen molar-refractivity contribution in [2.75, 3.05) is 6.61 Å². The lowest BCUT2D eigenvalue weighted by Gasteiger charge is -1.94. The third-order valence-corrected chi connectivity index (χ3v) is 2.30. The first-order chi connectivity index (χ1) is 7.47. The van der Waals surface area contributed by atoms with E-state index in [0.717, 1.165) is 13.0 Å². The minimum atomic E-state index is 0.733. The molecule has 1 aliphatic heterocycles. The smallest absolute Gasteiger partial charge is 0.106 e. The zero-order valence-corrected chi connectivity index (χ0v) is 8.60. The van der Waals surface area contributed by atoms with Crippen LogP contribution in [0.5, 0.6) is 0 Å². The summed E-state index contributed by atoms with van der Waals surface area (Å²) in [6.07, 6.45) is 13.0. The third-order valence-electron chi connectivity index (χ3n) is 2.30. The van der Waals surface area contributed by atoms with E-state index in [1.807, 2.05) is 18.2 Å². The second kappa shape index (κ2) is 5.20. The highest BCUT2D eigenvalue weighted by Gasteiger charge is 2.00. The Kier molecular flexibility index (Phi) is 3.39. The molecule has 0 spiro atoms. The largest absolute Gasteiger partial charge is 0.497 e. The minimum Gasteiger partial charge on any atom is -0.497 e. The predicted octanol–water partition coefficient (Wildman–Crippen LogP) is 3.34. The van der Waals surface area contributed by atoms with E-state index in [9.17, 15) is 0 Å². The molecule has 1 heteroatoms. The molecule has 1 nitrogen and oxygen atoms in total. The van der Waals surface area contributed by atoms with Gasteiger partial charge in [0.25, 0.3) is 0 Å². The highest BCUT2D eigenvalue weighted by Crippen LogP contribution is 2.17. The van der Waals surface area contributed by atoms with Crippen molar-refractivity contribution in [1.82, 2.24) is 0 Å². The van der Waals surface area contributed by atoms with E-state index >= 15 is 0 Å². The molecule has 1 heterocycles. The highest BCUT2D eigenvalue weighted by atomic mass is 16.5. The molecule has 0 atom stereocenters. The maximum absolute atomic E-state index is 4.80. The number of allylic oxidation sites excluding steroid dienone is 3.